The van der Waals surface area contributed by atoms with Crippen molar-refractivity contribution in [3.63, 3.8) is 0 Å². The number of thiophene rings is 1. The van der Waals surface area contributed by atoms with E-state index in [1.807, 2.05) is 23.3 Å². The summed E-state index contributed by atoms with van der Waals surface area (Å²) in [6.45, 7) is 5.60. The number of aryl methyl sites for hydroxylation is 1. The van der Waals surface area contributed by atoms with Crippen molar-refractivity contribution in [3.05, 3.63) is 21.9 Å². The first-order valence-electron chi connectivity index (χ1n) is 9.67. The van der Waals surface area contributed by atoms with Gasteiger partial charge in [-0.3, -0.25) is 9.59 Å². The molecule has 5 heteroatoms. The monoisotopic (exact) mass is 360 g/mol. The van der Waals surface area contributed by atoms with Crippen LogP contribution in [0, 0.1) is 18.3 Å². The third-order valence-corrected chi connectivity index (χ3v) is 7.48. The summed E-state index contributed by atoms with van der Waals surface area (Å²) in [5, 5.41) is 2.00. The topological polar surface area (TPSA) is 40.6 Å². The van der Waals surface area contributed by atoms with Crippen molar-refractivity contribution in [1.29, 1.82) is 0 Å². The molecule has 1 saturated carbocycles. The lowest BCUT2D eigenvalue weighted by Crippen LogP contribution is -2.43. The minimum Gasteiger partial charge on any atom is -0.342 e. The zero-order chi connectivity index (χ0) is 17.4. The van der Waals surface area contributed by atoms with Crippen LogP contribution in [0.3, 0.4) is 0 Å². The van der Waals surface area contributed by atoms with Crippen molar-refractivity contribution in [2.75, 3.05) is 26.2 Å². The number of piperidine rings is 1. The minimum atomic E-state index is 0.197. The first-order valence-corrected chi connectivity index (χ1v) is 10.6. The fraction of sp³-hybridized carbons (Fsp3) is 0.700. The minimum absolute atomic E-state index is 0.197. The fourth-order valence-electron chi connectivity index (χ4n) is 4.38. The van der Waals surface area contributed by atoms with Gasteiger partial charge in [-0.15, -0.1) is 11.3 Å². The van der Waals surface area contributed by atoms with E-state index in [-0.39, 0.29) is 11.3 Å². The maximum Gasteiger partial charge on any atom is 0.264 e. The fourth-order valence-corrected chi connectivity index (χ4v) is 5.27. The molecule has 1 aromatic heterocycles. The maximum atomic E-state index is 12.7. The van der Waals surface area contributed by atoms with Crippen molar-refractivity contribution < 1.29 is 9.59 Å². The first-order chi connectivity index (χ1) is 12.1. The molecule has 2 saturated heterocycles. The van der Waals surface area contributed by atoms with Gasteiger partial charge in [0.2, 0.25) is 5.91 Å². The molecule has 1 aromatic rings. The summed E-state index contributed by atoms with van der Waals surface area (Å²) in [4.78, 5) is 30.2. The standard InChI is InChI=1S/C20H28N2O2S/c1-15-5-13-25-18(15)19(24)21-10-7-20(8-11-21)6-4-17(23)22(12-9-20)14-16-2-3-16/h5,13,16H,2-4,6-12,14H2,1H3. The number of hydrogen-bond donors (Lipinski definition) is 0. The summed E-state index contributed by atoms with van der Waals surface area (Å²) in [5.74, 6) is 1.32. The largest absolute Gasteiger partial charge is 0.342 e. The van der Waals surface area contributed by atoms with Crippen LogP contribution in [0.1, 0.15) is 60.2 Å². The summed E-state index contributed by atoms with van der Waals surface area (Å²) >= 11 is 1.55. The van der Waals surface area contributed by atoms with E-state index in [2.05, 4.69) is 4.90 Å². The normalized spacial score (nSPS) is 23.8. The van der Waals surface area contributed by atoms with Crippen LogP contribution in [-0.2, 0) is 4.79 Å². The molecule has 2 aliphatic heterocycles. The van der Waals surface area contributed by atoms with Crippen molar-refractivity contribution in [1.82, 2.24) is 9.80 Å². The van der Waals surface area contributed by atoms with Crippen molar-refractivity contribution in [3.8, 4) is 0 Å². The second-order valence-electron chi connectivity index (χ2n) is 8.26. The Hall–Kier alpha value is -1.36. The Morgan fingerprint density at radius 3 is 2.56 bits per heavy atom. The van der Waals surface area contributed by atoms with Gasteiger partial charge in [-0.25, -0.2) is 0 Å². The molecule has 1 aliphatic carbocycles. The van der Waals surface area contributed by atoms with E-state index in [4.69, 9.17) is 0 Å². The summed E-state index contributed by atoms with van der Waals surface area (Å²) in [7, 11) is 0. The molecule has 4 nitrogen and oxygen atoms in total. The zero-order valence-corrected chi connectivity index (χ0v) is 15.9. The maximum absolute atomic E-state index is 12.7. The predicted molar refractivity (Wildman–Crippen MR) is 99.8 cm³/mol. The quantitative estimate of drug-likeness (QED) is 0.825. The second kappa shape index (κ2) is 6.75. The van der Waals surface area contributed by atoms with Gasteiger partial charge in [-0.1, -0.05) is 0 Å². The Labute approximate surface area is 154 Å². The van der Waals surface area contributed by atoms with Gasteiger partial charge < -0.3 is 9.80 Å². The SMILES string of the molecule is Cc1ccsc1C(=O)N1CCC2(CCC(=O)N(CC3CC3)CC2)CC1. The highest BCUT2D eigenvalue weighted by molar-refractivity contribution is 7.12. The number of likely N-dealkylation sites (tertiary alicyclic amines) is 2. The molecular formula is C20H28N2O2S. The van der Waals surface area contributed by atoms with E-state index in [0.717, 1.165) is 68.2 Å². The van der Waals surface area contributed by atoms with Crippen LogP contribution in [0.15, 0.2) is 11.4 Å². The lowest BCUT2D eigenvalue weighted by Gasteiger charge is -2.41. The number of carbonyl (C=O) groups excluding carboxylic acids is 2. The lowest BCUT2D eigenvalue weighted by molar-refractivity contribution is -0.130. The van der Waals surface area contributed by atoms with Crippen LogP contribution in [0.25, 0.3) is 0 Å². The van der Waals surface area contributed by atoms with E-state index in [1.165, 1.54) is 12.8 Å². The van der Waals surface area contributed by atoms with Crippen LogP contribution in [0.4, 0.5) is 0 Å². The van der Waals surface area contributed by atoms with Gasteiger partial charge >= 0.3 is 0 Å². The highest BCUT2D eigenvalue weighted by Crippen LogP contribution is 2.42. The average molecular weight is 361 g/mol. The van der Waals surface area contributed by atoms with Crippen LogP contribution >= 0.6 is 11.3 Å². The Balaban J connectivity index is 1.36. The smallest absolute Gasteiger partial charge is 0.264 e. The molecule has 25 heavy (non-hydrogen) atoms. The highest BCUT2D eigenvalue weighted by atomic mass is 32.1. The molecule has 2 amide bonds. The number of nitrogens with zero attached hydrogens (tertiary/aromatic N) is 2. The molecule has 3 aliphatic rings. The Kier molecular flexibility index (Phi) is 4.61. The number of hydrogen-bond acceptors (Lipinski definition) is 3. The van der Waals surface area contributed by atoms with E-state index in [1.54, 1.807) is 11.3 Å². The van der Waals surface area contributed by atoms with E-state index in [9.17, 15) is 9.59 Å². The van der Waals surface area contributed by atoms with Crippen molar-refractivity contribution in [2.24, 2.45) is 11.3 Å². The van der Waals surface area contributed by atoms with E-state index in [0.29, 0.717) is 12.3 Å². The van der Waals surface area contributed by atoms with E-state index < -0.39 is 0 Å². The zero-order valence-electron chi connectivity index (χ0n) is 15.1. The highest BCUT2D eigenvalue weighted by Gasteiger charge is 2.40. The van der Waals surface area contributed by atoms with Crippen LogP contribution in [0.5, 0.6) is 0 Å². The van der Waals surface area contributed by atoms with Gasteiger partial charge in [-0.2, -0.15) is 0 Å². The first kappa shape index (κ1) is 17.1. The lowest BCUT2D eigenvalue weighted by atomic mass is 9.73. The molecular weight excluding hydrogens is 332 g/mol. The van der Waals surface area contributed by atoms with Gasteiger partial charge in [0, 0.05) is 32.6 Å². The molecule has 3 heterocycles. The van der Waals surface area contributed by atoms with Crippen molar-refractivity contribution in [2.45, 2.75) is 51.9 Å². The molecule has 0 atom stereocenters. The number of carbonyl (C=O) groups is 2. The third kappa shape index (κ3) is 3.62. The molecule has 4 rings (SSSR count). The summed E-state index contributed by atoms with van der Waals surface area (Å²) in [6, 6.07) is 2.02. The summed E-state index contributed by atoms with van der Waals surface area (Å²) in [5.41, 5.74) is 1.36. The van der Waals surface area contributed by atoms with Crippen molar-refractivity contribution >= 4 is 23.2 Å². The van der Waals surface area contributed by atoms with Gasteiger partial charge in [-0.05, 0) is 73.8 Å². The molecule has 0 unspecified atom stereocenters. The summed E-state index contributed by atoms with van der Waals surface area (Å²) in [6.07, 6.45) is 7.52. The number of rotatable bonds is 3. The van der Waals surface area contributed by atoms with Gasteiger partial charge in [0.05, 0.1) is 4.88 Å². The Morgan fingerprint density at radius 2 is 1.92 bits per heavy atom. The molecule has 0 N–H and O–H groups in total. The Bertz CT molecular complexity index is 656. The predicted octanol–water partition coefficient (Wildman–Crippen LogP) is 3.70. The summed E-state index contributed by atoms with van der Waals surface area (Å²) < 4.78 is 0. The van der Waals surface area contributed by atoms with Gasteiger partial charge in [0.1, 0.15) is 0 Å². The Morgan fingerprint density at radius 1 is 1.20 bits per heavy atom. The van der Waals surface area contributed by atoms with Crippen LogP contribution in [0.2, 0.25) is 0 Å². The van der Waals surface area contributed by atoms with Crippen LogP contribution in [-0.4, -0.2) is 47.8 Å². The van der Waals surface area contributed by atoms with Gasteiger partial charge in [0.25, 0.3) is 5.91 Å². The van der Waals surface area contributed by atoms with Crippen LogP contribution < -0.4 is 0 Å². The molecule has 0 radical (unpaired) electrons. The van der Waals surface area contributed by atoms with E-state index >= 15 is 0 Å². The molecule has 0 aromatic carbocycles. The molecule has 136 valence electrons. The molecule has 0 bridgehead atoms. The molecule has 1 spiro atoms. The average Bonchev–Trinajstić information content (AvgIpc) is 3.36. The second-order valence-corrected chi connectivity index (χ2v) is 9.17. The third-order valence-electron chi connectivity index (χ3n) is 6.48. The van der Waals surface area contributed by atoms with Gasteiger partial charge in [0.15, 0.2) is 0 Å². The number of amides is 2. The molecule has 3 fully saturated rings.